The lowest BCUT2D eigenvalue weighted by Gasteiger charge is -2.23. The van der Waals surface area contributed by atoms with Crippen molar-refractivity contribution in [1.82, 2.24) is 5.32 Å². The van der Waals surface area contributed by atoms with Crippen LogP contribution in [0.4, 0.5) is 0 Å². The van der Waals surface area contributed by atoms with Crippen molar-refractivity contribution < 1.29 is 14.6 Å². The molecule has 0 saturated heterocycles. The van der Waals surface area contributed by atoms with Crippen molar-refractivity contribution in [2.45, 2.75) is 46.2 Å². The Morgan fingerprint density at radius 2 is 2.00 bits per heavy atom. The minimum absolute atomic E-state index is 0.126. The Balaban J connectivity index is 2.84. The summed E-state index contributed by atoms with van der Waals surface area (Å²) in [6.07, 6.45) is 0.698. The quantitative estimate of drug-likeness (QED) is 0.786. The first kappa shape index (κ1) is 16.5. The average Bonchev–Trinajstić information content (AvgIpc) is 2.36. The summed E-state index contributed by atoms with van der Waals surface area (Å²) in [5.74, 6) is 0.362. The summed E-state index contributed by atoms with van der Waals surface area (Å²) in [5.41, 5.74) is 1.79. The number of phenols is 1. The van der Waals surface area contributed by atoms with E-state index < -0.39 is 0 Å². The molecular weight excluding hydrogens is 254 g/mol. The monoisotopic (exact) mass is 279 g/mol. The smallest absolute Gasteiger partial charge is 0.322 e. The first-order valence-electron chi connectivity index (χ1n) is 6.98. The van der Waals surface area contributed by atoms with Crippen LogP contribution in [0.25, 0.3) is 0 Å². The van der Waals surface area contributed by atoms with E-state index >= 15 is 0 Å². The van der Waals surface area contributed by atoms with Gasteiger partial charge in [-0.15, -0.1) is 0 Å². The number of phenolic OH excluding ortho intramolecular Hbond substituents is 1. The second kappa shape index (κ2) is 7.29. The Morgan fingerprint density at radius 1 is 1.35 bits per heavy atom. The highest BCUT2D eigenvalue weighted by Gasteiger charge is 2.23. The van der Waals surface area contributed by atoms with Gasteiger partial charge in [0, 0.05) is 11.6 Å². The molecule has 0 aromatic heterocycles. The largest absolute Gasteiger partial charge is 0.508 e. The third-order valence-electron chi connectivity index (χ3n) is 3.30. The maximum Gasteiger partial charge on any atom is 0.322 e. The van der Waals surface area contributed by atoms with Crippen LogP contribution in [0.5, 0.6) is 5.75 Å². The highest BCUT2D eigenvalue weighted by atomic mass is 16.5. The van der Waals surface area contributed by atoms with E-state index in [0.717, 1.165) is 11.1 Å². The van der Waals surface area contributed by atoms with Crippen LogP contribution < -0.4 is 5.32 Å². The molecule has 0 aliphatic heterocycles. The molecule has 0 amide bonds. The number of carbonyl (C=O) groups excluding carboxylic acids is 1. The van der Waals surface area contributed by atoms with Gasteiger partial charge in [0.15, 0.2) is 0 Å². The predicted molar refractivity (Wildman–Crippen MR) is 79.7 cm³/mol. The van der Waals surface area contributed by atoms with Crippen molar-refractivity contribution in [3.63, 3.8) is 0 Å². The van der Waals surface area contributed by atoms with Gasteiger partial charge >= 0.3 is 5.97 Å². The molecule has 1 aromatic carbocycles. The van der Waals surface area contributed by atoms with Gasteiger partial charge in [0.25, 0.3) is 0 Å². The molecule has 112 valence electrons. The van der Waals surface area contributed by atoms with Crippen LogP contribution in [-0.2, 0) is 9.53 Å². The summed E-state index contributed by atoms with van der Waals surface area (Å²) in [6, 6.07) is 5.06. The third kappa shape index (κ3) is 4.53. The summed E-state index contributed by atoms with van der Waals surface area (Å²) in [5, 5.41) is 13.2. The van der Waals surface area contributed by atoms with Gasteiger partial charge in [-0.3, -0.25) is 10.1 Å². The first-order valence-corrected chi connectivity index (χ1v) is 6.98. The van der Waals surface area contributed by atoms with Crippen LogP contribution in [0.15, 0.2) is 18.2 Å². The van der Waals surface area contributed by atoms with Gasteiger partial charge in [0.05, 0.1) is 7.11 Å². The van der Waals surface area contributed by atoms with E-state index in [-0.39, 0.29) is 23.8 Å². The molecule has 4 heteroatoms. The molecule has 0 aliphatic carbocycles. The molecule has 0 heterocycles. The molecule has 2 unspecified atom stereocenters. The Kier molecular flexibility index (Phi) is 6.02. The van der Waals surface area contributed by atoms with Crippen LogP contribution in [0.1, 0.15) is 44.4 Å². The number of methoxy groups -OCH3 is 1. The van der Waals surface area contributed by atoms with Crippen LogP contribution >= 0.6 is 0 Å². The number of aryl methyl sites for hydroxylation is 1. The number of nitrogens with one attached hydrogen (secondary N) is 1. The topological polar surface area (TPSA) is 58.6 Å². The molecule has 0 radical (unpaired) electrons. The molecule has 4 nitrogen and oxygen atoms in total. The van der Waals surface area contributed by atoms with Gasteiger partial charge in [-0.05, 0) is 37.8 Å². The fraction of sp³-hybridized carbons (Fsp3) is 0.562. The molecule has 1 aromatic rings. The van der Waals surface area contributed by atoms with E-state index in [0.29, 0.717) is 12.3 Å². The molecule has 2 N–H and O–H groups in total. The average molecular weight is 279 g/mol. The molecular formula is C16H25NO3. The minimum Gasteiger partial charge on any atom is -0.508 e. The zero-order valence-electron chi connectivity index (χ0n) is 12.9. The van der Waals surface area contributed by atoms with Crippen LogP contribution in [0.3, 0.4) is 0 Å². The van der Waals surface area contributed by atoms with Crippen molar-refractivity contribution in [3.8, 4) is 5.75 Å². The highest BCUT2D eigenvalue weighted by Crippen LogP contribution is 2.25. The van der Waals surface area contributed by atoms with Gasteiger partial charge < -0.3 is 9.84 Å². The van der Waals surface area contributed by atoms with E-state index in [9.17, 15) is 9.90 Å². The zero-order chi connectivity index (χ0) is 15.3. The summed E-state index contributed by atoms with van der Waals surface area (Å²) >= 11 is 0. The predicted octanol–water partition coefficient (Wildman–Crippen LogP) is 2.94. The molecule has 0 bridgehead atoms. The molecule has 0 fully saturated rings. The Morgan fingerprint density at radius 3 is 2.50 bits per heavy atom. The van der Waals surface area contributed by atoms with Crippen LogP contribution in [0, 0.1) is 12.8 Å². The van der Waals surface area contributed by atoms with Crippen molar-refractivity contribution in [2.75, 3.05) is 7.11 Å². The fourth-order valence-electron chi connectivity index (χ4n) is 2.26. The zero-order valence-corrected chi connectivity index (χ0v) is 12.9. The lowest BCUT2D eigenvalue weighted by Crippen LogP contribution is -2.40. The van der Waals surface area contributed by atoms with Gasteiger partial charge in [-0.25, -0.2) is 0 Å². The minimum atomic E-state index is -0.365. The first-order chi connectivity index (χ1) is 9.35. The van der Waals surface area contributed by atoms with Crippen molar-refractivity contribution in [2.24, 2.45) is 5.92 Å². The second-order valence-electron chi connectivity index (χ2n) is 5.66. The van der Waals surface area contributed by atoms with Gasteiger partial charge in [0.1, 0.15) is 11.8 Å². The third-order valence-corrected chi connectivity index (χ3v) is 3.30. The lowest BCUT2D eigenvalue weighted by molar-refractivity contribution is -0.143. The molecule has 0 spiro atoms. The number of carbonyl (C=O) groups is 1. The number of hydrogen-bond acceptors (Lipinski definition) is 4. The highest BCUT2D eigenvalue weighted by molar-refractivity contribution is 5.75. The second-order valence-corrected chi connectivity index (χ2v) is 5.66. The van der Waals surface area contributed by atoms with E-state index in [2.05, 4.69) is 19.2 Å². The van der Waals surface area contributed by atoms with E-state index in [4.69, 9.17) is 4.74 Å². The lowest BCUT2D eigenvalue weighted by atomic mass is 10.00. The van der Waals surface area contributed by atoms with Gasteiger partial charge in [-0.1, -0.05) is 26.0 Å². The number of rotatable bonds is 6. The Hall–Kier alpha value is -1.55. The van der Waals surface area contributed by atoms with Crippen LogP contribution in [-0.4, -0.2) is 24.2 Å². The SMILES string of the molecule is COC(=O)C(CC(C)C)NC(C)c1ccc(C)cc1O. The fourth-order valence-corrected chi connectivity index (χ4v) is 2.26. The molecule has 1 rings (SSSR count). The molecule has 2 atom stereocenters. The summed E-state index contributed by atoms with van der Waals surface area (Å²) < 4.78 is 4.84. The number of esters is 1. The normalized spacial score (nSPS) is 14.1. The van der Waals surface area contributed by atoms with Crippen LogP contribution in [0.2, 0.25) is 0 Å². The number of ether oxygens (including phenoxy) is 1. The summed E-state index contributed by atoms with van der Waals surface area (Å²) in [6.45, 7) is 7.98. The van der Waals surface area contributed by atoms with Crippen molar-refractivity contribution >= 4 is 5.97 Å². The standard InChI is InChI=1S/C16H25NO3/c1-10(2)8-14(16(19)20-5)17-12(4)13-7-6-11(3)9-15(13)18/h6-7,9-10,12,14,17-18H,8H2,1-5H3. The summed E-state index contributed by atoms with van der Waals surface area (Å²) in [7, 11) is 1.39. The number of aromatic hydroxyl groups is 1. The number of benzene rings is 1. The van der Waals surface area contributed by atoms with E-state index in [1.54, 1.807) is 6.07 Å². The van der Waals surface area contributed by atoms with Gasteiger partial charge in [-0.2, -0.15) is 0 Å². The number of hydrogen-bond donors (Lipinski definition) is 2. The molecule has 20 heavy (non-hydrogen) atoms. The van der Waals surface area contributed by atoms with Gasteiger partial charge in [0.2, 0.25) is 0 Å². The Bertz CT molecular complexity index is 457. The van der Waals surface area contributed by atoms with E-state index in [1.807, 2.05) is 26.0 Å². The summed E-state index contributed by atoms with van der Waals surface area (Å²) in [4.78, 5) is 11.8. The maximum atomic E-state index is 11.8. The van der Waals surface area contributed by atoms with Crippen molar-refractivity contribution in [3.05, 3.63) is 29.3 Å². The molecule has 0 saturated carbocycles. The maximum absolute atomic E-state index is 11.8. The van der Waals surface area contributed by atoms with Crippen molar-refractivity contribution in [1.29, 1.82) is 0 Å². The molecule has 0 aliphatic rings. The Labute approximate surface area is 121 Å². The van der Waals surface area contributed by atoms with E-state index in [1.165, 1.54) is 7.11 Å².